The van der Waals surface area contributed by atoms with Gasteiger partial charge >= 0.3 is 0 Å². The van der Waals surface area contributed by atoms with Crippen LogP contribution in [0.2, 0.25) is 5.02 Å². The highest BCUT2D eigenvalue weighted by Gasteiger charge is 2.40. The Hall–Kier alpha value is -3.56. The van der Waals surface area contributed by atoms with Crippen LogP contribution in [-0.2, 0) is 0 Å². The normalized spacial score (nSPS) is 19.0. The molecule has 4 aromatic carbocycles. The highest BCUT2D eigenvalue weighted by atomic mass is 35.5. The fourth-order valence-electron chi connectivity index (χ4n) is 4.54. The van der Waals surface area contributed by atoms with E-state index in [1.807, 2.05) is 36.4 Å². The third-order valence-electron chi connectivity index (χ3n) is 6.18. The molecule has 0 aliphatic carbocycles. The van der Waals surface area contributed by atoms with Crippen molar-refractivity contribution in [2.75, 3.05) is 0 Å². The zero-order valence-corrected chi connectivity index (χ0v) is 18.1. The molecule has 0 N–H and O–H groups in total. The van der Waals surface area contributed by atoms with Crippen LogP contribution in [0.4, 0.5) is 0 Å². The second-order valence-corrected chi connectivity index (χ2v) is 8.59. The van der Waals surface area contributed by atoms with E-state index < -0.39 is 0 Å². The number of halogens is 1. The lowest BCUT2D eigenvalue weighted by atomic mass is 9.95. The van der Waals surface area contributed by atoms with Crippen LogP contribution in [-0.4, -0.2) is 10.7 Å². The fraction of sp³-hybridized carbons (Fsp3) is 0.107. The summed E-state index contributed by atoms with van der Waals surface area (Å²) in [4.78, 5) is 0. The Kier molecular flexibility index (Phi) is 4.70. The smallest absolute Gasteiger partial charge is 0.213 e. The van der Waals surface area contributed by atoms with E-state index in [1.54, 1.807) is 0 Å². The molecule has 0 unspecified atom stereocenters. The molecule has 156 valence electrons. The average Bonchev–Trinajstić information content (AvgIpc) is 3.30. The molecule has 0 saturated heterocycles. The van der Waals surface area contributed by atoms with E-state index >= 15 is 0 Å². The van der Waals surface area contributed by atoms with E-state index in [9.17, 15) is 0 Å². The Balaban J connectivity index is 1.38. The van der Waals surface area contributed by atoms with Crippen molar-refractivity contribution in [1.82, 2.24) is 5.01 Å². The topological polar surface area (TPSA) is 24.8 Å². The van der Waals surface area contributed by atoms with Gasteiger partial charge in [-0.3, -0.25) is 0 Å². The zero-order valence-electron chi connectivity index (χ0n) is 17.4. The van der Waals surface area contributed by atoms with Gasteiger partial charge in [-0.25, -0.2) is 5.01 Å². The van der Waals surface area contributed by atoms with Crippen molar-refractivity contribution in [1.29, 1.82) is 0 Å². The van der Waals surface area contributed by atoms with Gasteiger partial charge in [0.05, 0.1) is 11.8 Å². The van der Waals surface area contributed by atoms with E-state index in [0.717, 1.165) is 34.0 Å². The summed E-state index contributed by atoms with van der Waals surface area (Å²) in [7, 11) is 0. The number of para-hydroxylation sites is 1. The fourth-order valence-corrected chi connectivity index (χ4v) is 4.67. The van der Waals surface area contributed by atoms with E-state index in [-0.39, 0.29) is 12.3 Å². The summed E-state index contributed by atoms with van der Waals surface area (Å²) in [6.07, 6.45) is 0.560. The third-order valence-corrected chi connectivity index (χ3v) is 6.43. The lowest BCUT2D eigenvalue weighted by Gasteiger charge is -2.38. The number of ether oxygens (including phenoxy) is 1. The van der Waals surface area contributed by atoms with Gasteiger partial charge in [-0.2, -0.15) is 5.10 Å². The summed E-state index contributed by atoms with van der Waals surface area (Å²) in [6, 6.07) is 35.4. The van der Waals surface area contributed by atoms with Crippen molar-refractivity contribution in [3.05, 3.63) is 125 Å². The van der Waals surface area contributed by atoms with E-state index in [4.69, 9.17) is 21.4 Å². The Morgan fingerprint density at radius 1 is 0.719 bits per heavy atom. The lowest BCUT2D eigenvalue weighted by molar-refractivity contribution is -0.0190. The van der Waals surface area contributed by atoms with Gasteiger partial charge in [0.25, 0.3) is 0 Å². The van der Waals surface area contributed by atoms with E-state index in [1.165, 1.54) is 16.7 Å². The van der Waals surface area contributed by atoms with Gasteiger partial charge < -0.3 is 4.74 Å². The molecular weight excluding hydrogens is 416 g/mol. The Labute approximate surface area is 192 Å². The van der Waals surface area contributed by atoms with Gasteiger partial charge in [0, 0.05) is 22.6 Å². The quantitative estimate of drug-likeness (QED) is 0.338. The predicted octanol–water partition coefficient (Wildman–Crippen LogP) is 7.25. The second-order valence-electron chi connectivity index (χ2n) is 8.15. The molecule has 0 bridgehead atoms. The molecule has 32 heavy (non-hydrogen) atoms. The van der Waals surface area contributed by atoms with E-state index in [2.05, 4.69) is 71.7 Å². The zero-order chi connectivity index (χ0) is 21.5. The minimum Gasteiger partial charge on any atom is -0.464 e. The molecule has 3 nitrogen and oxygen atoms in total. The van der Waals surface area contributed by atoms with Crippen LogP contribution in [0.15, 0.2) is 108 Å². The molecule has 2 atom stereocenters. The molecule has 2 aliphatic heterocycles. The van der Waals surface area contributed by atoms with Crippen molar-refractivity contribution < 1.29 is 4.74 Å². The summed E-state index contributed by atoms with van der Waals surface area (Å²) in [5, 5.41) is 7.88. The maximum absolute atomic E-state index is 6.48. The van der Waals surface area contributed by atoms with Crippen LogP contribution in [0.25, 0.3) is 11.1 Å². The van der Waals surface area contributed by atoms with Crippen molar-refractivity contribution in [2.45, 2.75) is 18.7 Å². The molecule has 0 fully saturated rings. The van der Waals surface area contributed by atoms with Crippen LogP contribution in [0, 0.1) is 0 Å². The molecule has 2 heterocycles. The monoisotopic (exact) mass is 436 g/mol. The van der Waals surface area contributed by atoms with Crippen molar-refractivity contribution in [2.24, 2.45) is 5.10 Å². The van der Waals surface area contributed by atoms with Gasteiger partial charge in [0.15, 0.2) is 0 Å². The molecule has 0 radical (unpaired) electrons. The predicted molar refractivity (Wildman–Crippen MR) is 129 cm³/mol. The molecule has 0 saturated carbocycles. The number of rotatable bonds is 3. The first kappa shape index (κ1) is 19.1. The van der Waals surface area contributed by atoms with Crippen LogP contribution >= 0.6 is 11.6 Å². The van der Waals surface area contributed by atoms with Gasteiger partial charge in [0.1, 0.15) is 5.75 Å². The molecule has 4 aromatic rings. The third kappa shape index (κ3) is 3.35. The van der Waals surface area contributed by atoms with Gasteiger partial charge in [0.2, 0.25) is 6.23 Å². The lowest BCUT2D eigenvalue weighted by Crippen LogP contribution is -2.33. The first-order chi connectivity index (χ1) is 15.8. The number of hydrogen-bond donors (Lipinski definition) is 0. The first-order valence-corrected chi connectivity index (χ1v) is 11.2. The maximum atomic E-state index is 6.48. The molecule has 0 aromatic heterocycles. The highest BCUT2D eigenvalue weighted by molar-refractivity contribution is 6.30. The molecular formula is C28H21ClN2O. The second kappa shape index (κ2) is 7.85. The van der Waals surface area contributed by atoms with Crippen LogP contribution in [0.3, 0.4) is 0 Å². The standard InChI is InChI=1S/C28H21ClN2O/c29-23-16-14-21(15-17-23)25-18-26-24-8-4-5-9-27(24)32-28(31(26)30-25)22-12-10-20(11-13-22)19-6-2-1-3-7-19/h1-17,26,28H,18H2/t26-,28-/m0/s1. The number of nitrogens with zero attached hydrogens (tertiary/aromatic N) is 2. The average molecular weight is 437 g/mol. The number of fused-ring (bicyclic) bond motifs is 3. The highest BCUT2D eigenvalue weighted by Crippen LogP contribution is 2.47. The minimum absolute atomic E-state index is 0.143. The minimum atomic E-state index is -0.274. The van der Waals surface area contributed by atoms with Gasteiger partial charge in [-0.1, -0.05) is 96.5 Å². The van der Waals surface area contributed by atoms with Crippen molar-refractivity contribution in [3.63, 3.8) is 0 Å². The Bertz CT molecular complexity index is 1280. The first-order valence-electron chi connectivity index (χ1n) is 10.8. The molecule has 0 spiro atoms. The molecule has 0 amide bonds. The van der Waals surface area contributed by atoms with E-state index in [0.29, 0.717) is 0 Å². The maximum Gasteiger partial charge on any atom is 0.213 e. The molecule has 2 aliphatic rings. The van der Waals surface area contributed by atoms with Crippen LogP contribution in [0.5, 0.6) is 5.75 Å². The van der Waals surface area contributed by atoms with Crippen molar-refractivity contribution in [3.8, 4) is 16.9 Å². The number of benzene rings is 4. The van der Waals surface area contributed by atoms with Gasteiger partial charge in [-0.15, -0.1) is 0 Å². The summed E-state index contributed by atoms with van der Waals surface area (Å²) >= 11 is 6.10. The summed E-state index contributed by atoms with van der Waals surface area (Å²) < 4.78 is 6.48. The number of hydrazone groups is 1. The summed E-state index contributed by atoms with van der Waals surface area (Å²) in [5.41, 5.74) is 6.81. The van der Waals surface area contributed by atoms with Crippen molar-refractivity contribution >= 4 is 17.3 Å². The summed E-state index contributed by atoms with van der Waals surface area (Å²) in [5.74, 6) is 0.929. The summed E-state index contributed by atoms with van der Waals surface area (Å²) in [6.45, 7) is 0. The molecule has 6 rings (SSSR count). The van der Waals surface area contributed by atoms with Gasteiger partial charge in [-0.05, 0) is 34.9 Å². The number of hydrogen-bond acceptors (Lipinski definition) is 3. The SMILES string of the molecule is Clc1ccc(C2=NN3[C@@H](C2)c2ccccc2O[C@H]3c2ccc(-c3ccccc3)cc2)cc1. The largest absolute Gasteiger partial charge is 0.464 e. The van der Waals surface area contributed by atoms with Crippen LogP contribution < -0.4 is 4.74 Å². The Morgan fingerprint density at radius 3 is 2.16 bits per heavy atom. The van der Waals surface area contributed by atoms with Crippen LogP contribution in [0.1, 0.15) is 35.4 Å². The molecule has 4 heteroatoms. The Morgan fingerprint density at radius 2 is 1.38 bits per heavy atom.